The Kier molecular flexibility index (Phi) is 4.21. The second-order valence-corrected chi connectivity index (χ2v) is 4.86. The van der Waals surface area contributed by atoms with E-state index in [0.717, 1.165) is 11.3 Å². The van der Waals surface area contributed by atoms with Crippen molar-refractivity contribution in [3.8, 4) is 11.5 Å². The van der Waals surface area contributed by atoms with Crippen LogP contribution < -0.4 is 10.1 Å². The van der Waals surface area contributed by atoms with Gasteiger partial charge in [0.15, 0.2) is 18.1 Å². The van der Waals surface area contributed by atoms with Crippen LogP contribution in [0.15, 0.2) is 36.4 Å². The summed E-state index contributed by atoms with van der Waals surface area (Å²) in [7, 11) is 0. The van der Waals surface area contributed by atoms with E-state index in [-0.39, 0.29) is 23.0 Å². The number of phenols is 1. The van der Waals surface area contributed by atoms with E-state index in [4.69, 9.17) is 9.84 Å². The summed E-state index contributed by atoms with van der Waals surface area (Å²) < 4.78 is 5.15. The van der Waals surface area contributed by atoms with Crippen molar-refractivity contribution in [3.05, 3.63) is 41.3 Å². The van der Waals surface area contributed by atoms with E-state index in [1.165, 1.54) is 24.3 Å². The summed E-state index contributed by atoms with van der Waals surface area (Å²) in [6, 6.07) is 9.22. The van der Waals surface area contributed by atoms with E-state index in [1.54, 1.807) is 12.1 Å². The monoisotopic (exact) mass is 293 g/mol. The first-order chi connectivity index (χ1) is 9.56. The molecule has 1 heterocycles. The molecule has 0 aliphatic carbocycles. The lowest BCUT2D eigenvalue weighted by molar-refractivity contribution is -0.118. The summed E-state index contributed by atoms with van der Waals surface area (Å²) in [4.78, 5) is 22.5. The number of para-hydroxylation sites is 2. The van der Waals surface area contributed by atoms with Gasteiger partial charge < -0.3 is 20.3 Å². The van der Waals surface area contributed by atoms with E-state index < -0.39 is 11.9 Å². The molecule has 0 saturated heterocycles. The fourth-order valence-corrected chi connectivity index (χ4v) is 2.18. The predicted molar refractivity (Wildman–Crippen MR) is 73.5 cm³/mol. The summed E-state index contributed by atoms with van der Waals surface area (Å²) in [5, 5.41) is 21.2. The van der Waals surface area contributed by atoms with Crippen LogP contribution in [-0.2, 0) is 4.79 Å². The van der Waals surface area contributed by atoms with Gasteiger partial charge in [-0.3, -0.25) is 4.79 Å². The van der Waals surface area contributed by atoms with Crippen molar-refractivity contribution in [2.45, 2.75) is 0 Å². The molecule has 0 fully saturated rings. The molecule has 0 aliphatic rings. The molecule has 0 radical (unpaired) electrons. The summed E-state index contributed by atoms with van der Waals surface area (Å²) in [6.07, 6.45) is 0. The molecule has 2 aromatic rings. The van der Waals surface area contributed by atoms with Crippen LogP contribution in [0, 0.1) is 0 Å². The number of hydrogen-bond acceptors (Lipinski definition) is 5. The quantitative estimate of drug-likeness (QED) is 0.785. The lowest BCUT2D eigenvalue weighted by atomic mass is 10.3. The fraction of sp³-hybridized carbons (Fsp3) is 0.0769. The average molecular weight is 293 g/mol. The first-order valence-electron chi connectivity index (χ1n) is 5.60. The maximum Gasteiger partial charge on any atom is 0.345 e. The number of phenolic OH excluding ortho intramolecular Hbond substituents is 1. The minimum Gasteiger partial charge on any atom is -0.504 e. The topological polar surface area (TPSA) is 95.9 Å². The Morgan fingerprint density at radius 1 is 1.20 bits per heavy atom. The highest BCUT2D eigenvalue weighted by atomic mass is 32.1. The maximum atomic E-state index is 11.6. The first kappa shape index (κ1) is 13.9. The third-order valence-electron chi connectivity index (χ3n) is 2.30. The summed E-state index contributed by atoms with van der Waals surface area (Å²) in [5.74, 6) is -1.32. The number of ether oxygens (including phenoxy) is 1. The highest BCUT2D eigenvalue weighted by Gasteiger charge is 2.10. The van der Waals surface area contributed by atoms with E-state index in [2.05, 4.69) is 5.32 Å². The third kappa shape index (κ3) is 3.48. The number of aromatic hydroxyl groups is 1. The zero-order valence-electron chi connectivity index (χ0n) is 10.2. The average Bonchev–Trinajstić information content (AvgIpc) is 2.86. The fourth-order valence-electron chi connectivity index (χ4n) is 1.42. The van der Waals surface area contributed by atoms with Gasteiger partial charge in [0.1, 0.15) is 4.88 Å². The molecule has 20 heavy (non-hydrogen) atoms. The van der Waals surface area contributed by atoms with Gasteiger partial charge in [0.2, 0.25) is 0 Å². The number of carbonyl (C=O) groups is 2. The zero-order chi connectivity index (χ0) is 14.5. The van der Waals surface area contributed by atoms with Gasteiger partial charge in [0.05, 0.1) is 5.00 Å². The van der Waals surface area contributed by atoms with Crippen LogP contribution in [0.4, 0.5) is 5.00 Å². The number of benzene rings is 1. The molecule has 6 nitrogen and oxygen atoms in total. The number of carbonyl (C=O) groups excluding carboxylic acids is 1. The standard InChI is InChI=1S/C13H11NO5S/c15-8-3-1-2-4-9(8)19-7-11(16)14-12-6-5-10(20-12)13(17)18/h1-6,15H,7H2,(H,14,16)(H,17,18). The number of carboxylic acid groups (broad SMARTS) is 1. The number of amides is 1. The first-order valence-corrected chi connectivity index (χ1v) is 6.41. The number of anilines is 1. The Labute approximate surface area is 118 Å². The largest absolute Gasteiger partial charge is 0.504 e. The number of hydrogen-bond donors (Lipinski definition) is 3. The Balaban J connectivity index is 1.89. The Hall–Kier alpha value is -2.54. The number of thiophene rings is 1. The molecule has 1 aromatic carbocycles. The van der Waals surface area contributed by atoms with E-state index in [0.29, 0.717) is 5.00 Å². The molecule has 0 unspecified atom stereocenters. The smallest absolute Gasteiger partial charge is 0.345 e. The van der Waals surface area contributed by atoms with Crippen LogP contribution in [0.5, 0.6) is 11.5 Å². The molecule has 0 bridgehead atoms. The van der Waals surface area contributed by atoms with Gasteiger partial charge in [-0.05, 0) is 24.3 Å². The van der Waals surface area contributed by atoms with Crippen LogP contribution in [0.2, 0.25) is 0 Å². The number of carboxylic acids is 1. The van der Waals surface area contributed by atoms with Crippen LogP contribution in [-0.4, -0.2) is 28.7 Å². The molecular weight excluding hydrogens is 282 g/mol. The van der Waals surface area contributed by atoms with Crippen molar-refractivity contribution in [1.82, 2.24) is 0 Å². The molecule has 7 heteroatoms. The van der Waals surface area contributed by atoms with Crippen molar-refractivity contribution in [1.29, 1.82) is 0 Å². The third-order valence-corrected chi connectivity index (χ3v) is 3.29. The molecule has 3 N–H and O–H groups in total. The van der Waals surface area contributed by atoms with E-state index in [9.17, 15) is 14.7 Å². The Morgan fingerprint density at radius 2 is 1.95 bits per heavy atom. The van der Waals surface area contributed by atoms with Crippen molar-refractivity contribution in [2.75, 3.05) is 11.9 Å². The van der Waals surface area contributed by atoms with E-state index >= 15 is 0 Å². The van der Waals surface area contributed by atoms with Gasteiger partial charge in [0, 0.05) is 0 Å². The van der Waals surface area contributed by atoms with Gasteiger partial charge in [-0.25, -0.2) is 4.79 Å². The minimum absolute atomic E-state index is 0.0513. The molecule has 0 spiro atoms. The van der Waals surface area contributed by atoms with Gasteiger partial charge in [-0.2, -0.15) is 0 Å². The number of rotatable bonds is 5. The van der Waals surface area contributed by atoms with Gasteiger partial charge in [-0.1, -0.05) is 12.1 Å². The van der Waals surface area contributed by atoms with Gasteiger partial charge in [-0.15, -0.1) is 11.3 Å². The maximum absolute atomic E-state index is 11.6. The SMILES string of the molecule is O=C(COc1ccccc1O)Nc1ccc(C(=O)O)s1. The number of aromatic carboxylic acids is 1. The molecule has 0 saturated carbocycles. The molecule has 2 rings (SSSR count). The lowest BCUT2D eigenvalue weighted by Gasteiger charge is -2.07. The predicted octanol–water partition coefficient (Wildman–Crippen LogP) is 2.17. The highest BCUT2D eigenvalue weighted by Crippen LogP contribution is 2.25. The van der Waals surface area contributed by atoms with Crippen molar-refractivity contribution < 1.29 is 24.5 Å². The summed E-state index contributed by atoms with van der Waals surface area (Å²) in [6.45, 7) is -0.280. The molecule has 1 amide bonds. The minimum atomic E-state index is -1.04. The summed E-state index contributed by atoms with van der Waals surface area (Å²) in [5.41, 5.74) is 0. The van der Waals surface area contributed by atoms with Gasteiger partial charge >= 0.3 is 5.97 Å². The Bertz CT molecular complexity index is 637. The van der Waals surface area contributed by atoms with Crippen LogP contribution in [0.1, 0.15) is 9.67 Å². The lowest BCUT2D eigenvalue weighted by Crippen LogP contribution is -2.19. The van der Waals surface area contributed by atoms with Crippen molar-refractivity contribution in [3.63, 3.8) is 0 Å². The zero-order valence-corrected chi connectivity index (χ0v) is 11.0. The van der Waals surface area contributed by atoms with E-state index in [1.807, 2.05) is 0 Å². The van der Waals surface area contributed by atoms with Crippen LogP contribution in [0.25, 0.3) is 0 Å². The molecule has 104 valence electrons. The van der Waals surface area contributed by atoms with Crippen LogP contribution >= 0.6 is 11.3 Å². The summed E-state index contributed by atoms with van der Waals surface area (Å²) >= 11 is 0.958. The Morgan fingerprint density at radius 3 is 2.60 bits per heavy atom. The van der Waals surface area contributed by atoms with Crippen molar-refractivity contribution >= 4 is 28.2 Å². The normalized spacial score (nSPS) is 10.0. The second kappa shape index (κ2) is 6.07. The van der Waals surface area contributed by atoms with Crippen LogP contribution in [0.3, 0.4) is 0 Å². The molecule has 0 atom stereocenters. The highest BCUT2D eigenvalue weighted by molar-refractivity contribution is 7.18. The van der Waals surface area contributed by atoms with Gasteiger partial charge in [0.25, 0.3) is 5.91 Å². The second-order valence-electron chi connectivity index (χ2n) is 3.77. The molecule has 1 aromatic heterocycles. The number of nitrogens with one attached hydrogen (secondary N) is 1. The van der Waals surface area contributed by atoms with Crippen molar-refractivity contribution in [2.24, 2.45) is 0 Å². The molecule has 0 aliphatic heterocycles. The molecular formula is C13H11NO5S.